The molecular formula is C13H24N2O3. The summed E-state index contributed by atoms with van der Waals surface area (Å²) in [6.45, 7) is 8.98. The fourth-order valence-electron chi connectivity index (χ4n) is 2.03. The van der Waals surface area contributed by atoms with Crippen molar-refractivity contribution in [3.05, 3.63) is 0 Å². The van der Waals surface area contributed by atoms with Crippen LogP contribution in [0.15, 0.2) is 0 Å². The van der Waals surface area contributed by atoms with Crippen molar-refractivity contribution < 1.29 is 14.7 Å². The van der Waals surface area contributed by atoms with Gasteiger partial charge in [-0.05, 0) is 12.5 Å². The first kappa shape index (κ1) is 15.1. The number of carbonyl (C=O) groups is 2. The average Bonchev–Trinajstić information content (AvgIpc) is 2.40. The van der Waals surface area contributed by atoms with E-state index in [0.717, 1.165) is 6.54 Å². The second kappa shape index (κ2) is 5.80. The van der Waals surface area contributed by atoms with E-state index in [1.54, 1.807) is 13.8 Å². The van der Waals surface area contributed by atoms with E-state index in [9.17, 15) is 14.7 Å². The molecule has 0 radical (unpaired) electrons. The number of nitrogens with one attached hydrogen (secondary N) is 1. The summed E-state index contributed by atoms with van der Waals surface area (Å²) in [5.41, 5.74) is -0.623. The Balaban J connectivity index is 2.43. The van der Waals surface area contributed by atoms with Gasteiger partial charge in [-0.25, -0.2) is 0 Å². The number of amides is 2. The van der Waals surface area contributed by atoms with Crippen molar-refractivity contribution >= 4 is 11.8 Å². The highest BCUT2D eigenvalue weighted by atomic mass is 16.3. The molecule has 0 spiro atoms. The fraction of sp³-hybridized carbons (Fsp3) is 0.846. The van der Waals surface area contributed by atoms with E-state index in [2.05, 4.69) is 19.2 Å². The van der Waals surface area contributed by atoms with Crippen molar-refractivity contribution in [2.75, 3.05) is 19.6 Å². The van der Waals surface area contributed by atoms with Crippen molar-refractivity contribution in [2.45, 2.75) is 40.2 Å². The lowest BCUT2D eigenvalue weighted by atomic mass is 9.92. The highest BCUT2D eigenvalue weighted by molar-refractivity contribution is 6.05. The molecule has 1 aliphatic heterocycles. The van der Waals surface area contributed by atoms with Crippen LogP contribution in [-0.2, 0) is 9.59 Å². The summed E-state index contributed by atoms with van der Waals surface area (Å²) in [7, 11) is 0. The summed E-state index contributed by atoms with van der Waals surface area (Å²) in [5.74, 6) is 0.134. The standard InChI is InChI=1S/C13H24N2O3/c1-9(2)6-14-7-10(16)8-15-11(17)5-13(3,4)12(15)18/h9-10,14,16H,5-8H2,1-4H3. The first-order valence-corrected chi connectivity index (χ1v) is 6.47. The number of likely N-dealkylation sites (tertiary alicyclic amines) is 1. The van der Waals surface area contributed by atoms with Crippen molar-refractivity contribution in [3.63, 3.8) is 0 Å². The lowest BCUT2D eigenvalue weighted by molar-refractivity contribution is -0.142. The average molecular weight is 256 g/mol. The van der Waals surface area contributed by atoms with Gasteiger partial charge in [-0.2, -0.15) is 0 Å². The molecule has 1 aliphatic rings. The lowest BCUT2D eigenvalue weighted by Gasteiger charge is -2.21. The Kier molecular flexibility index (Phi) is 4.87. The molecule has 0 aromatic heterocycles. The first-order chi connectivity index (χ1) is 8.24. The zero-order valence-corrected chi connectivity index (χ0v) is 11.7. The number of carbonyl (C=O) groups excluding carboxylic acids is 2. The summed E-state index contributed by atoms with van der Waals surface area (Å²) >= 11 is 0. The highest BCUT2D eigenvalue weighted by Crippen LogP contribution is 2.31. The van der Waals surface area contributed by atoms with E-state index in [0.29, 0.717) is 12.5 Å². The number of nitrogens with zero attached hydrogens (tertiary/aromatic N) is 1. The molecule has 104 valence electrons. The summed E-state index contributed by atoms with van der Waals surface area (Å²) in [5, 5.41) is 12.9. The van der Waals surface area contributed by atoms with Gasteiger partial charge in [0.25, 0.3) is 0 Å². The van der Waals surface area contributed by atoms with Crippen molar-refractivity contribution in [3.8, 4) is 0 Å². The van der Waals surface area contributed by atoms with Crippen LogP contribution < -0.4 is 5.32 Å². The van der Waals surface area contributed by atoms with Crippen LogP contribution in [0.2, 0.25) is 0 Å². The minimum Gasteiger partial charge on any atom is -0.390 e. The van der Waals surface area contributed by atoms with Gasteiger partial charge < -0.3 is 10.4 Å². The third-order valence-electron chi connectivity index (χ3n) is 3.04. The minimum absolute atomic E-state index is 0.0895. The van der Waals surface area contributed by atoms with Crippen LogP contribution in [0.1, 0.15) is 34.1 Å². The van der Waals surface area contributed by atoms with E-state index >= 15 is 0 Å². The number of β-amino-alcohol motifs (C(OH)–C–C–N with tert-alkyl or cyclic N) is 1. The van der Waals surface area contributed by atoms with Gasteiger partial charge in [0.05, 0.1) is 18.1 Å². The molecule has 1 heterocycles. The van der Waals surface area contributed by atoms with Crippen LogP contribution in [0.4, 0.5) is 0 Å². The SMILES string of the molecule is CC(C)CNCC(O)CN1C(=O)CC(C)(C)C1=O. The molecule has 5 heteroatoms. The van der Waals surface area contributed by atoms with Gasteiger partial charge in [0.1, 0.15) is 0 Å². The van der Waals surface area contributed by atoms with E-state index in [1.807, 2.05) is 0 Å². The molecule has 18 heavy (non-hydrogen) atoms. The highest BCUT2D eigenvalue weighted by Gasteiger charge is 2.44. The number of rotatable bonds is 6. The van der Waals surface area contributed by atoms with Crippen LogP contribution in [0.5, 0.6) is 0 Å². The second-order valence-electron chi connectivity index (χ2n) is 6.08. The smallest absolute Gasteiger partial charge is 0.235 e. The minimum atomic E-state index is -0.703. The maximum Gasteiger partial charge on any atom is 0.235 e. The molecule has 2 amide bonds. The predicted molar refractivity (Wildman–Crippen MR) is 68.8 cm³/mol. The van der Waals surface area contributed by atoms with Gasteiger partial charge in [-0.3, -0.25) is 14.5 Å². The predicted octanol–water partition coefficient (Wildman–Crippen LogP) is 0.378. The molecule has 0 aliphatic carbocycles. The van der Waals surface area contributed by atoms with Gasteiger partial charge in [0.2, 0.25) is 11.8 Å². The van der Waals surface area contributed by atoms with E-state index < -0.39 is 11.5 Å². The zero-order chi connectivity index (χ0) is 13.9. The van der Waals surface area contributed by atoms with E-state index in [-0.39, 0.29) is 24.8 Å². The summed E-state index contributed by atoms with van der Waals surface area (Å²) < 4.78 is 0. The Morgan fingerprint density at radius 1 is 1.33 bits per heavy atom. The third kappa shape index (κ3) is 3.78. The Morgan fingerprint density at radius 3 is 2.39 bits per heavy atom. The van der Waals surface area contributed by atoms with Crippen molar-refractivity contribution in [2.24, 2.45) is 11.3 Å². The number of hydrogen-bond acceptors (Lipinski definition) is 4. The van der Waals surface area contributed by atoms with Gasteiger partial charge in [-0.15, -0.1) is 0 Å². The van der Waals surface area contributed by atoms with Gasteiger partial charge >= 0.3 is 0 Å². The summed E-state index contributed by atoms with van der Waals surface area (Å²) in [4.78, 5) is 24.8. The molecule has 0 bridgehead atoms. The van der Waals surface area contributed by atoms with Crippen molar-refractivity contribution in [1.29, 1.82) is 0 Å². The van der Waals surface area contributed by atoms with Gasteiger partial charge in [-0.1, -0.05) is 27.7 Å². The maximum atomic E-state index is 11.9. The summed E-state index contributed by atoms with van der Waals surface area (Å²) in [6, 6.07) is 0. The normalized spacial score (nSPS) is 20.9. The molecule has 0 aromatic rings. The number of aliphatic hydroxyl groups is 1. The molecular weight excluding hydrogens is 232 g/mol. The van der Waals surface area contributed by atoms with Crippen LogP contribution >= 0.6 is 0 Å². The Hall–Kier alpha value is -0.940. The molecule has 1 atom stereocenters. The monoisotopic (exact) mass is 256 g/mol. The van der Waals surface area contributed by atoms with Crippen LogP contribution in [-0.4, -0.2) is 47.6 Å². The molecule has 1 rings (SSSR count). The van der Waals surface area contributed by atoms with E-state index in [4.69, 9.17) is 0 Å². The Bertz CT molecular complexity index is 326. The molecule has 0 aromatic carbocycles. The zero-order valence-electron chi connectivity index (χ0n) is 11.7. The van der Waals surface area contributed by atoms with E-state index in [1.165, 1.54) is 4.90 Å². The Labute approximate surface area is 109 Å². The molecule has 1 saturated heterocycles. The molecule has 0 saturated carbocycles. The first-order valence-electron chi connectivity index (χ1n) is 6.47. The molecule has 1 fully saturated rings. The number of imide groups is 1. The van der Waals surface area contributed by atoms with Crippen molar-refractivity contribution in [1.82, 2.24) is 10.2 Å². The second-order valence-corrected chi connectivity index (χ2v) is 6.08. The van der Waals surface area contributed by atoms with Crippen LogP contribution in [0.3, 0.4) is 0 Å². The maximum absolute atomic E-state index is 11.9. The number of aliphatic hydroxyl groups excluding tert-OH is 1. The topological polar surface area (TPSA) is 69.6 Å². The quantitative estimate of drug-likeness (QED) is 0.674. The number of hydrogen-bond donors (Lipinski definition) is 2. The van der Waals surface area contributed by atoms with Crippen LogP contribution in [0, 0.1) is 11.3 Å². The molecule has 2 N–H and O–H groups in total. The van der Waals surface area contributed by atoms with Crippen LogP contribution in [0.25, 0.3) is 0 Å². The fourth-order valence-corrected chi connectivity index (χ4v) is 2.03. The van der Waals surface area contributed by atoms with Gasteiger partial charge in [0.15, 0.2) is 0 Å². The summed E-state index contributed by atoms with van der Waals surface area (Å²) in [6.07, 6.45) is -0.469. The largest absolute Gasteiger partial charge is 0.390 e. The third-order valence-corrected chi connectivity index (χ3v) is 3.04. The molecule has 5 nitrogen and oxygen atoms in total. The van der Waals surface area contributed by atoms with Gasteiger partial charge in [0, 0.05) is 13.0 Å². The lowest BCUT2D eigenvalue weighted by Crippen LogP contribution is -2.42. The molecule has 1 unspecified atom stereocenters. The Morgan fingerprint density at radius 2 is 1.94 bits per heavy atom.